The maximum absolute atomic E-state index is 10.4. The van der Waals surface area contributed by atoms with Crippen LogP contribution >= 0.6 is 23.1 Å². The lowest BCUT2D eigenvalue weighted by Gasteiger charge is -2.20. The highest BCUT2D eigenvalue weighted by Gasteiger charge is 2.18. The summed E-state index contributed by atoms with van der Waals surface area (Å²) < 4.78 is 0. The van der Waals surface area contributed by atoms with Gasteiger partial charge in [-0.05, 0) is 0 Å². The van der Waals surface area contributed by atoms with E-state index in [1.807, 2.05) is 17.1 Å². The second-order valence-electron chi connectivity index (χ2n) is 3.65. The standard InChI is InChI=1S/C10H14N2O2S2/c13-9(14)2-1-7-5-16-10(12-7)8-6-15-4-3-11-8/h5,8,11H,1-4,6H2,(H,13,14). The van der Waals surface area contributed by atoms with E-state index in [2.05, 4.69) is 10.3 Å². The number of carboxylic acid groups (broad SMARTS) is 1. The Labute approximate surface area is 102 Å². The second-order valence-corrected chi connectivity index (χ2v) is 5.69. The SMILES string of the molecule is O=C(O)CCc1csc(C2CSCCN2)n1. The third kappa shape index (κ3) is 3.20. The molecule has 1 fully saturated rings. The fourth-order valence-corrected chi connectivity index (χ4v) is 3.53. The highest BCUT2D eigenvalue weighted by atomic mass is 32.2. The Kier molecular flexibility index (Phi) is 4.20. The lowest BCUT2D eigenvalue weighted by molar-refractivity contribution is -0.136. The summed E-state index contributed by atoms with van der Waals surface area (Å²) in [4.78, 5) is 14.9. The molecule has 2 N–H and O–H groups in total. The lowest BCUT2D eigenvalue weighted by atomic mass is 10.2. The van der Waals surface area contributed by atoms with Crippen molar-refractivity contribution in [3.63, 3.8) is 0 Å². The van der Waals surface area contributed by atoms with E-state index in [1.165, 1.54) is 0 Å². The van der Waals surface area contributed by atoms with Crippen LogP contribution in [0.15, 0.2) is 5.38 Å². The van der Waals surface area contributed by atoms with Gasteiger partial charge in [0, 0.05) is 29.9 Å². The van der Waals surface area contributed by atoms with E-state index in [-0.39, 0.29) is 6.42 Å². The molecular formula is C10H14N2O2S2. The number of aliphatic carboxylic acids is 1. The Morgan fingerprint density at radius 2 is 2.56 bits per heavy atom. The molecule has 0 bridgehead atoms. The van der Waals surface area contributed by atoms with Crippen molar-refractivity contribution < 1.29 is 9.90 Å². The Morgan fingerprint density at radius 1 is 1.69 bits per heavy atom. The highest BCUT2D eigenvalue weighted by molar-refractivity contribution is 7.99. The molecule has 1 aromatic rings. The van der Waals surface area contributed by atoms with Gasteiger partial charge in [-0.2, -0.15) is 11.8 Å². The summed E-state index contributed by atoms with van der Waals surface area (Å²) in [6.07, 6.45) is 0.696. The second kappa shape index (κ2) is 5.65. The number of aromatic nitrogens is 1. The van der Waals surface area contributed by atoms with E-state index < -0.39 is 5.97 Å². The van der Waals surface area contributed by atoms with Crippen LogP contribution in [0.4, 0.5) is 0 Å². The molecule has 6 heteroatoms. The zero-order valence-corrected chi connectivity index (χ0v) is 10.4. The maximum atomic E-state index is 10.4. The quantitative estimate of drug-likeness (QED) is 0.857. The van der Waals surface area contributed by atoms with E-state index >= 15 is 0 Å². The first-order valence-corrected chi connectivity index (χ1v) is 7.26. The molecule has 1 aromatic heterocycles. The third-order valence-electron chi connectivity index (χ3n) is 2.38. The average Bonchev–Trinajstić information content (AvgIpc) is 2.76. The number of nitrogens with one attached hydrogen (secondary N) is 1. The molecule has 0 amide bonds. The molecule has 1 aliphatic rings. The van der Waals surface area contributed by atoms with E-state index in [1.54, 1.807) is 11.3 Å². The molecule has 1 atom stereocenters. The van der Waals surface area contributed by atoms with Gasteiger partial charge in [-0.1, -0.05) is 0 Å². The molecule has 2 rings (SSSR count). The lowest BCUT2D eigenvalue weighted by Crippen LogP contribution is -2.30. The molecular weight excluding hydrogens is 244 g/mol. The minimum atomic E-state index is -0.763. The first kappa shape index (κ1) is 11.9. The zero-order valence-electron chi connectivity index (χ0n) is 8.81. The number of thiazole rings is 1. The summed E-state index contributed by atoms with van der Waals surface area (Å²) in [6.45, 7) is 1.03. The molecule has 1 aliphatic heterocycles. The number of carbonyl (C=O) groups is 1. The average molecular weight is 258 g/mol. The molecule has 16 heavy (non-hydrogen) atoms. The molecule has 0 radical (unpaired) electrons. The molecule has 2 heterocycles. The number of carboxylic acids is 1. The van der Waals surface area contributed by atoms with Crippen LogP contribution in [-0.2, 0) is 11.2 Å². The van der Waals surface area contributed by atoms with Crippen molar-refractivity contribution in [1.29, 1.82) is 0 Å². The van der Waals surface area contributed by atoms with Crippen molar-refractivity contribution in [2.45, 2.75) is 18.9 Å². The molecule has 0 saturated carbocycles. The molecule has 88 valence electrons. The minimum absolute atomic E-state index is 0.163. The maximum Gasteiger partial charge on any atom is 0.303 e. The van der Waals surface area contributed by atoms with Crippen molar-refractivity contribution in [2.75, 3.05) is 18.1 Å². The third-order valence-corrected chi connectivity index (χ3v) is 4.45. The van der Waals surface area contributed by atoms with Gasteiger partial charge < -0.3 is 10.4 Å². The molecule has 1 saturated heterocycles. The monoisotopic (exact) mass is 258 g/mol. The predicted octanol–water partition coefficient (Wildman–Crippen LogP) is 1.54. The molecule has 1 unspecified atom stereocenters. The topological polar surface area (TPSA) is 62.2 Å². The predicted molar refractivity (Wildman–Crippen MR) is 66.1 cm³/mol. The van der Waals surface area contributed by atoms with Crippen LogP contribution in [0.25, 0.3) is 0 Å². The van der Waals surface area contributed by atoms with Gasteiger partial charge >= 0.3 is 5.97 Å². The van der Waals surface area contributed by atoms with Crippen LogP contribution in [0.3, 0.4) is 0 Å². The molecule has 0 aliphatic carbocycles. The van der Waals surface area contributed by atoms with Gasteiger partial charge in [-0.3, -0.25) is 4.79 Å². The van der Waals surface area contributed by atoms with E-state index in [4.69, 9.17) is 5.11 Å². The Balaban J connectivity index is 1.93. The molecule has 0 aromatic carbocycles. The molecule has 4 nitrogen and oxygen atoms in total. The Bertz CT molecular complexity index is 361. The van der Waals surface area contributed by atoms with Crippen molar-refractivity contribution >= 4 is 29.1 Å². The van der Waals surface area contributed by atoms with Crippen LogP contribution in [0.2, 0.25) is 0 Å². The van der Waals surface area contributed by atoms with Gasteiger partial charge in [0.1, 0.15) is 5.01 Å². The first-order chi connectivity index (χ1) is 7.75. The van der Waals surface area contributed by atoms with Crippen LogP contribution in [0.1, 0.15) is 23.2 Å². The number of hydrogen-bond donors (Lipinski definition) is 2. The van der Waals surface area contributed by atoms with Crippen LogP contribution in [-0.4, -0.2) is 34.1 Å². The van der Waals surface area contributed by atoms with Crippen molar-refractivity contribution in [1.82, 2.24) is 10.3 Å². The fraction of sp³-hybridized carbons (Fsp3) is 0.600. The summed E-state index contributed by atoms with van der Waals surface area (Å²) in [6, 6.07) is 0.349. The van der Waals surface area contributed by atoms with Crippen molar-refractivity contribution in [3.8, 4) is 0 Å². The van der Waals surface area contributed by atoms with E-state index in [0.29, 0.717) is 12.5 Å². The van der Waals surface area contributed by atoms with Crippen LogP contribution in [0, 0.1) is 0 Å². The summed E-state index contributed by atoms with van der Waals surface area (Å²) in [5, 5.41) is 15.1. The van der Waals surface area contributed by atoms with Crippen LogP contribution in [0.5, 0.6) is 0 Å². The number of nitrogens with zero attached hydrogens (tertiary/aromatic N) is 1. The number of rotatable bonds is 4. The zero-order chi connectivity index (χ0) is 11.4. The smallest absolute Gasteiger partial charge is 0.303 e. The number of hydrogen-bond acceptors (Lipinski definition) is 5. The first-order valence-electron chi connectivity index (χ1n) is 5.23. The summed E-state index contributed by atoms with van der Waals surface area (Å²) in [5.41, 5.74) is 0.903. The minimum Gasteiger partial charge on any atom is -0.481 e. The Morgan fingerprint density at radius 3 is 3.25 bits per heavy atom. The summed E-state index contributed by atoms with van der Waals surface area (Å²) >= 11 is 3.56. The van der Waals surface area contributed by atoms with Crippen LogP contribution < -0.4 is 5.32 Å². The fourth-order valence-electron chi connectivity index (χ4n) is 1.56. The van der Waals surface area contributed by atoms with Crippen molar-refractivity contribution in [2.24, 2.45) is 0 Å². The summed E-state index contributed by atoms with van der Waals surface area (Å²) in [7, 11) is 0. The largest absolute Gasteiger partial charge is 0.481 e. The number of thioether (sulfide) groups is 1. The van der Waals surface area contributed by atoms with E-state index in [0.717, 1.165) is 28.8 Å². The Hall–Kier alpha value is -0.590. The normalized spacial score (nSPS) is 20.9. The van der Waals surface area contributed by atoms with Gasteiger partial charge in [-0.25, -0.2) is 4.98 Å². The highest BCUT2D eigenvalue weighted by Crippen LogP contribution is 2.24. The van der Waals surface area contributed by atoms with Crippen molar-refractivity contribution in [3.05, 3.63) is 16.1 Å². The summed E-state index contributed by atoms with van der Waals surface area (Å²) in [5.74, 6) is 1.46. The van der Waals surface area contributed by atoms with E-state index in [9.17, 15) is 4.79 Å². The van der Waals surface area contributed by atoms with Gasteiger partial charge in [0.15, 0.2) is 0 Å². The van der Waals surface area contributed by atoms with Gasteiger partial charge in [0.25, 0.3) is 0 Å². The van der Waals surface area contributed by atoms with Gasteiger partial charge in [0.2, 0.25) is 0 Å². The number of aryl methyl sites for hydroxylation is 1. The molecule has 0 spiro atoms. The van der Waals surface area contributed by atoms with Gasteiger partial charge in [-0.15, -0.1) is 11.3 Å². The van der Waals surface area contributed by atoms with Gasteiger partial charge in [0.05, 0.1) is 18.2 Å².